The SMILES string of the molecule is O=C(c1cccc(=O)[nH]1)N1CCCC(c2ncc(Cc3ccccc3F)o2)C1. The Morgan fingerprint density at radius 3 is 2.93 bits per heavy atom. The molecular weight excluding hydrogens is 361 g/mol. The predicted octanol–water partition coefficient (Wildman–Crippen LogP) is 3.11. The van der Waals surface area contributed by atoms with Gasteiger partial charge in [-0.2, -0.15) is 0 Å². The number of aromatic amines is 1. The number of carbonyl (C=O) groups is 1. The summed E-state index contributed by atoms with van der Waals surface area (Å²) in [5, 5.41) is 0. The molecule has 1 amide bonds. The molecule has 6 nitrogen and oxygen atoms in total. The van der Waals surface area contributed by atoms with Crippen LogP contribution in [0.5, 0.6) is 0 Å². The Morgan fingerprint density at radius 1 is 1.25 bits per heavy atom. The third-order valence-electron chi connectivity index (χ3n) is 4.95. The van der Waals surface area contributed by atoms with Crippen LogP contribution in [0.25, 0.3) is 0 Å². The van der Waals surface area contributed by atoms with E-state index < -0.39 is 0 Å². The summed E-state index contributed by atoms with van der Waals surface area (Å²) in [5.41, 5.74) is 0.532. The number of nitrogens with one attached hydrogen (secondary N) is 1. The molecule has 1 saturated heterocycles. The molecule has 144 valence electrons. The normalized spacial score (nSPS) is 16.9. The van der Waals surface area contributed by atoms with Crippen molar-refractivity contribution >= 4 is 5.91 Å². The topological polar surface area (TPSA) is 79.2 Å². The quantitative estimate of drug-likeness (QED) is 0.753. The number of H-pyrrole nitrogens is 1. The molecule has 1 aliphatic rings. The summed E-state index contributed by atoms with van der Waals surface area (Å²) in [6.07, 6.45) is 3.63. The Bertz CT molecular complexity index is 1040. The van der Waals surface area contributed by atoms with Gasteiger partial charge in [-0.05, 0) is 30.5 Å². The van der Waals surface area contributed by atoms with E-state index in [1.165, 1.54) is 12.1 Å². The van der Waals surface area contributed by atoms with Gasteiger partial charge in [0.2, 0.25) is 5.56 Å². The molecule has 2 aromatic heterocycles. The Hall–Kier alpha value is -3.22. The summed E-state index contributed by atoms with van der Waals surface area (Å²) in [5.74, 6) is 0.649. The van der Waals surface area contributed by atoms with Gasteiger partial charge >= 0.3 is 0 Å². The van der Waals surface area contributed by atoms with Crippen molar-refractivity contribution in [3.8, 4) is 0 Å². The van der Waals surface area contributed by atoms with Gasteiger partial charge in [-0.3, -0.25) is 9.59 Å². The lowest BCUT2D eigenvalue weighted by Crippen LogP contribution is -2.40. The monoisotopic (exact) mass is 381 g/mol. The van der Waals surface area contributed by atoms with Crippen molar-refractivity contribution in [3.05, 3.63) is 87.7 Å². The van der Waals surface area contributed by atoms with E-state index >= 15 is 0 Å². The molecule has 7 heteroatoms. The van der Waals surface area contributed by atoms with Gasteiger partial charge in [0.05, 0.1) is 12.1 Å². The number of hydrogen-bond acceptors (Lipinski definition) is 4. The molecule has 1 unspecified atom stereocenters. The van der Waals surface area contributed by atoms with Crippen molar-refractivity contribution in [2.45, 2.75) is 25.2 Å². The first-order chi connectivity index (χ1) is 13.6. The molecule has 1 fully saturated rings. The van der Waals surface area contributed by atoms with Gasteiger partial charge in [0.15, 0.2) is 5.89 Å². The van der Waals surface area contributed by atoms with Crippen LogP contribution in [0.2, 0.25) is 0 Å². The van der Waals surface area contributed by atoms with Gasteiger partial charge in [0.25, 0.3) is 5.91 Å². The largest absolute Gasteiger partial charge is 0.445 e. The fourth-order valence-electron chi connectivity index (χ4n) is 3.53. The zero-order chi connectivity index (χ0) is 19.5. The molecule has 0 radical (unpaired) electrons. The van der Waals surface area contributed by atoms with Gasteiger partial charge in [-0.15, -0.1) is 0 Å². The lowest BCUT2D eigenvalue weighted by Gasteiger charge is -2.31. The number of oxazole rings is 1. The Labute approximate surface area is 161 Å². The number of aromatic nitrogens is 2. The van der Waals surface area contributed by atoms with E-state index in [-0.39, 0.29) is 28.9 Å². The summed E-state index contributed by atoms with van der Waals surface area (Å²) < 4.78 is 19.7. The number of hydrogen-bond donors (Lipinski definition) is 1. The van der Waals surface area contributed by atoms with Crippen LogP contribution in [-0.4, -0.2) is 33.9 Å². The van der Waals surface area contributed by atoms with Gasteiger partial charge in [-0.1, -0.05) is 24.3 Å². The molecule has 28 heavy (non-hydrogen) atoms. The summed E-state index contributed by atoms with van der Waals surface area (Å²) in [6, 6.07) is 11.1. The summed E-state index contributed by atoms with van der Waals surface area (Å²) >= 11 is 0. The highest BCUT2D eigenvalue weighted by atomic mass is 19.1. The molecular formula is C21H20FN3O3. The van der Waals surface area contributed by atoms with Crippen molar-refractivity contribution in [1.29, 1.82) is 0 Å². The van der Waals surface area contributed by atoms with Crippen LogP contribution in [0, 0.1) is 5.82 Å². The first kappa shape index (κ1) is 18.2. The maximum atomic E-state index is 13.8. The second kappa shape index (κ2) is 7.80. The maximum Gasteiger partial charge on any atom is 0.270 e. The molecule has 3 heterocycles. The number of nitrogens with zero attached hydrogens (tertiary/aromatic N) is 2. The van der Waals surface area contributed by atoms with Crippen LogP contribution in [0.4, 0.5) is 4.39 Å². The number of benzene rings is 1. The number of halogens is 1. The molecule has 1 N–H and O–H groups in total. The molecule has 1 atom stereocenters. The highest BCUT2D eigenvalue weighted by Gasteiger charge is 2.28. The molecule has 1 aromatic carbocycles. The zero-order valence-corrected chi connectivity index (χ0v) is 15.2. The van der Waals surface area contributed by atoms with Crippen LogP contribution in [0.3, 0.4) is 0 Å². The number of likely N-dealkylation sites (tertiary alicyclic amines) is 1. The van der Waals surface area contributed by atoms with Gasteiger partial charge < -0.3 is 14.3 Å². The summed E-state index contributed by atoms with van der Waals surface area (Å²) in [4.78, 5) is 32.8. The first-order valence-corrected chi connectivity index (χ1v) is 9.27. The smallest absolute Gasteiger partial charge is 0.270 e. The van der Waals surface area contributed by atoms with E-state index in [1.54, 1.807) is 41.4 Å². The van der Waals surface area contributed by atoms with Crippen molar-refractivity contribution in [1.82, 2.24) is 14.9 Å². The highest BCUT2D eigenvalue weighted by molar-refractivity contribution is 5.92. The van der Waals surface area contributed by atoms with Crippen molar-refractivity contribution in [2.24, 2.45) is 0 Å². The molecule has 0 bridgehead atoms. The van der Waals surface area contributed by atoms with Crippen LogP contribution in [0.1, 0.15) is 46.5 Å². The molecule has 4 rings (SSSR count). The lowest BCUT2D eigenvalue weighted by molar-refractivity contribution is 0.0691. The predicted molar refractivity (Wildman–Crippen MR) is 101 cm³/mol. The number of amides is 1. The minimum Gasteiger partial charge on any atom is -0.445 e. The highest BCUT2D eigenvalue weighted by Crippen LogP contribution is 2.28. The van der Waals surface area contributed by atoms with Gasteiger partial charge in [-0.25, -0.2) is 9.37 Å². The number of rotatable bonds is 4. The van der Waals surface area contributed by atoms with E-state index in [0.717, 1.165) is 12.8 Å². The summed E-state index contributed by atoms with van der Waals surface area (Å²) in [7, 11) is 0. The average molecular weight is 381 g/mol. The van der Waals surface area contributed by atoms with E-state index in [2.05, 4.69) is 9.97 Å². The summed E-state index contributed by atoms with van der Waals surface area (Å²) in [6.45, 7) is 1.09. The van der Waals surface area contributed by atoms with Crippen molar-refractivity contribution in [2.75, 3.05) is 13.1 Å². The van der Waals surface area contributed by atoms with Gasteiger partial charge in [0, 0.05) is 25.6 Å². The zero-order valence-electron chi connectivity index (χ0n) is 15.2. The fraction of sp³-hybridized carbons (Fsp3) is 0.286. The van der Waals surface area contributed by atoms with E-state index in [9.17, 15) is 14.0 Å². The molecule has 0 spiro atoms. The van der Waals surface area contributed by atoms with E-state index in [1.807, 2.05) is 0 Å². The lowest BCUT2D eigenvalue weighted by atomic mass is 9.97. The van der Waals surface area contributed by atoms with E-state index in [4.69, 9.17) is 4.42 Å². The minimum absolute atomic E-state index is 0.0255. The number of piperidine rings is 1. The van der Waals surface area contributed by atoms with Crippen molar-refractivity contribution in [3.63, 3.8) is 0 Å². The molecule has 3 aromatic rings. The molecule has 1 aliphatic heterocycles. The second-order valence-electron chi connectivity index (χ2n) is 6.95. The minimum atomic E-state index is -0.301. The standard InChI is InChI=1S/C21H20FN3O3/c22-17-7-2-1-5-14(17)11-16-12-23-20(28-16)15-6-4-10-25(13-15)21(27)18-8-3-9-19(26)24-18/h1-3,5,7-9,12,15H,4,6,10-11,13H2,(H,24,26). The Kier molecular flexibility index (Phi) is 5.06. The van der Waals surface area contributed by atoms with Crippen LogP contribution >= 0.6 is 0 Å². The average Bonchev–Trinajstić information content (AvgIpc) is 3.18. The fourth-order valence-corrected chi connectivity index (χ4v) is 3.53. The third kappa shape index (κ3) is 3.88. The first-order valence-electron chi connectivity index (χ1n) is 9.27. The molecule has 0 saturated carbocycles. The van der Waals surface area contributed by atoms with Crippen molar-refractivity contribution < 1.29 is 13.6 Å². The maximum absolute atomic E-state index is 13.8. The van der Waals surface area contributed by atoms with Crippen LogP contribution in [-0.2, 0) is 6.42 Å². The van der Waals surface area contributed by atoms with Crippen LogP contribution < -0.4 is 5.56 Å². The Morgan fingerprint density at radius 2 is 2.11 bits per heavy atom. The number of pyridine rings is 1. The number of carbonyl (C=O) groups excluding carboxylic acids is 1. The Balaban J connectivity index is 1.46. The molecule has 0 aliphatic carbocycles. The van der Waals surface area contributed by atoms with E-state index in [0.29, 0.717) is 36.7 Å². The third-order valence-corrected chi connectivity index (χ3v) is 4.95. The van der Waals surface area contributed by atoms with Crippen LogP contribution in [0.15, 0.2) is 57.9 Å². The van der Waals surface area contributed by atoms with Gasteiger partial charge in [0.1, 0.15) is 17.3 Å². The second-order valence-corrected chi connectivity index (χ2v) is 6.95.